The third-order valence-corrected chi connectivity index (χ3v) is 3.83. The maximum Gasteiger partial charge on any atom is 0.181 e. The molecule has 0 saturated carbocycles. The molecule has 74 valence electrons. The van der Waals surface area contributed by atoms with Crippen LogP contribution in [0.15, 0.2) is 16.0 Å². The van der Waals surface area contributed by atoms with E-state index in [9.17, 15) is 5.11 Å². The van der Waals surface area contributed by atoms with Crippen molar-refractivity contribution in [1.29, 1.82) is 0 Å². The van der Waals surface area contributed by atoms with Crippen molar-refractivity contribution in [1.82, 2.24) is 4.72 Å². The Labute approximate surface area is 103 Å². The highest BCUT2D eigenvalue weighted by atomic mass is 79.9. The Hall–Kier alpha value is -0.100. The van der Waals surface area contributed by atoms with E-state index in [-0.39, 0.29) is 10.8 Å². The van der Waals surface area contributed by atoms with Crippen molar-refractivity contribution in [3.63, 3.8) is 0 Å². The molecule has 1 heterocycles. The van der Waals surface area contributed by atoms with Crippen LogP contribution >= 0.6 is 51.1 Å². The van der Waals surface area contributed by atoms with E-state index in [1.54, 1.807) is 0 Å². The largest absolute Gasteiger partial charge is 0.504 e. The number of fused-ring (bicyclic) bond motifs is 1. The molecule has 1 aromatic rings. The first kappa shape index (κ1) is 10.4. The minimum atomic E-state index is -0.0583. The molecule has 0 aliphatic carbocycles. The lowest BCUT2D eigenvalue weighted by Crippen LogP contribution is -2.11. The van der Waals surface area contributed by atoms with Gasteiger partial charge < -0.3 is 9.83 Å². The number of phenols is 1. The molecule has 0 atom stereocenters. The van der Waals surface area contributed by atoms with Crippen molar-refractivity contribution in [2.24, 2.45) is 4.99 Å². The highest BCUT2D eigenvalue weighted by Crippen LogP contribution is 2.47. The van der Waals surface area contributed by atoms with Crippen LogP contribution in [-0.4, -0.2) is 9.85 Å². The standard InChI is InChI=1S/C7H3BrCl2N2OS/c8-7-11-4-5(13)2(9)1-3(10)6(4)14-12-7/h1,13H,(H,11,12). The van der Waals surface area contributed by atoms with Gasteiger partial charge in [-0.05, 0) is 33.9 Å². The monoisotopic (exact) mass is 312 g/mol. The van der Waals surface area contributed by atoms with Crippen molar-refractivity contribution >= 4 is 61.5 Å². The summed E-state index contributed by atoms with van der Waals surface area (Å²) in [7, 11) is 0. The van der Waals surface area contributed by atoms with Crippen LogP contribution in [0.4, 0.5) is 5.69 Å². The van der Waals surface area contributed by atoms with E-state index in [1.165, 1.54) is 18.0 Å². The van der Waals surface area contributed by atoms with Crippen molar-refractivity contribution in [2.45, 2.75) is 4.90 Å². The van der Waals surface area contributed by atoms with Gasteiger partial charge in [0.15, 0.2) is 10.5 Å². The fourth-order valence-corrected chi connectivity index (χ4v) is 2.61. The Morgan fingerprint density at radius 1 is 1.43 bits per heavy atom. The minimum Gasteiger partial charge on any atom is -0.504 e. The average Bonchev–Trinajstić information content (AvgIpc) is 2.14. The summed E-state index contributed by atoms with van der Waals surface area (Å²) in [4.78, 5) is 4.71. The van der Waals surface area contributed by atoms with Crippen LogP contribution in [0, 0.1) is 0 Å². The number of aromatic hydroxyl groups is 1. The zero-order valence-corrected chi connectivity index (χ0v) is 10.4. The zero-order chi connectivity index (χ0) is 10.3. The molecule has 0 aromatic heterocycles. The maximum atomic E-state index is 9.63. The molecule has 0 radical (unpaired) electrons. The lowest BCUT2D eigenvalue weighted by Gasteiger charge is -2.15. The SMILES string of the molecule is Oc1c(Cl)cc(Cl)c2c1N=C(Br)NS2. The second-order valence-corrected chi connectivity index (χ2v) is 4.86. The summed E-state index contributed by atoms with van der Waals surface area (Å²) in [6.07, 6.45) is 0. The summed E-state index contributed by atoms with van der Waals surface area (Å²) in [6, 6.07) is 1.49. The van der Waals surface area contributed by atoms with Crippen molar-refractivity contribution in [3.05, 3.63) is 16.1 Å². The van der Waals surface area contributed by atoms with Gasteiger partial charge in [-0.1, -0.05) is 23.2 Å². The van der Waals surface area contributed by atoms with E-state index in [0.717, 1.165) is 0 Å². The number of aliphatic imine (C=N–C) groups is 1. The van der Waals surface area contributed by atoms with Gasteiger partial charge in [-0.25, -0.2) is 4.99 Å². The van der Waals surface area contributed by atoms with Crippen molar-refractivity contribution in [2.75, 3.05) is 0 Å². The molecule has 0 unspecified atom stereocenters. The van der Waals surface area contributed by atoms with Gasteiger partial charge in [-0.3, -0.25) is 0 Å². The average molecular weight is 314 g/mol. The van der Waals surface area contributed by atoms with Crippen LogP contribution in [0.5, 0.6) is 5.75 Å². The van der Waals surface area contributed by atoms with Crippen molar-refractivity contribution in [3.8, 4) is 5.75 Å². The topological polar surface area (TPSA) is 44.6 Å². The summed E-state index contributed by atoms with van der Waals surface area (Å²) < 4.78 is 3.39. The Morgan fingerprint density at radius 2 is 2.14 bits per heavy atom. The van der Waals surface area contributed by atoms with E-state index >= 15 is 0 Å². The summed E-state index contributed by atoms with van der Waals surface area (Å²) >= 11 is 16.1. The number of rotatable bonds is 0. The van der Waals surface area contributed by atoms with E-state index < -0.39 is 0 Å². The predicted octanol–water partition coefficient (Wildman–Crippen LogP) is 3.69. The molecule has 3 nitrogen and oxygen atoms in total. The van der Waals surface area contributed by atoms with Gasteiger partial charge in [0, 0.05) is 0 Å². The molecule has 2 N–H and O–H groups in total. The van der Waals surface area contributed by atoms with E-state index in [4.69, 9.17) is 23.2 Å². The van der Waals surface area contributed by atoms with Gasteiger partial charge in [0.1, 0.15) is 5.69 Å². The number of phenolic OH excluding ortho intramolecular Hbond substituents is 1. The molecule has 1 aliphatic rings. The number of nitrogens with zero attached hydrogens (tertiary/aromatic N) is 1. The number of amidine groups is 1. The molecule has 2 rings (SSSR count). The van der Waals surface area contributed by atoms with Gasteiger partial charge in [0.05, 0.1) is 14.9 Å². The van der Waals surface area contributed by atoms with Crippen LogP contribution in [0.3, 0.4) is 0 Å². The molecular weight excluding hydrogens is 311 g/mol. The van der Waals surface area contributed by atoms with Gasteiger partial charge in [-0.15, -0.1) is 0 Å². The van der Waals surface area contributed by atoms with Crippen LogP contribution in [-0.2, 0) is 0 Å². The second kappa shape index (κ2) is 3.81. The maximum absolute atomic E-state index is 9.63. The first-order valence-electron chi connectivity index (χ1n) is 3.47. The molecule has 0 bridgehead atoms. The van der Waals surface area contributed by atoms with E-state index in [1.807, 2.05) is 0 Å². The fourth-order valence-electron chi connectivity index (χ4n) is 0.994. The Morgan fingerprint density at radius 3 is 2.86 bits per heavy atom. The number of halogens is 3. The normalized spacial score (nSPS) is 14.4. The lowest BCUT2D eigenvalue weighted by atomic mass is 10.3. The van der Waals surface area contributed by atoms with Crippen LogP contribution in [0.2, 0.25) is 10.0 Å². The molecule has 0 spiro atoms. The third-order valence-electron chi connectivity index (χ3n) is 1.58. The van der Waals surface area contributed by atoms with Gasteiger partial charge in [-0.2, -0.15) is 0 Å². The van der Waals surface area contributed by atoms with Gasteiger partial charge in [0.2, 0.25) is 0 Å². The third kappa shape index (κ3) is 1.69. The highest BCUT2D eigenvalue weighted by molar-refractivity contribution is 9.18. The highest BCUT2D eigenvalue weighted by Gasteiger charge is 2.20. The van der Waals surface area contributed by atoms with Crippen molar-refractivity contribution < 1.29 is 5.11 Å². The molecule has 0 saturated heterocycles. The minimum absolute atomic E-state index is 0.0583. The summed E-state index contributed by atoms with van der Waals surface area (Å²) in [5.74, 6) is -0.0583. The summed E-state index contributed by atoms with van der Waals surface area (Å²) in [5, 5.41) is 10.3. The Balaban J connectivity index is 2.71. The van der Waals surface area contributed by atoms with E-state index in [2.05, 4.69) is 25.6 Å². The quantitative estimate of drug-likeness (QED) is 0.567. The number of benzene rings is 1. The van der Waals surface area contributed by atoms with Gasteiger partial charge >= 0.3 is 0 Å². The fraction of sp³-hybridized carbons (Fsp3) is 0. The molecule has 1 aromatic carbocycles. The second-order valence-electron chi connectivity index (χ2n) is 2.47. The molecular formula is C7H3BrCl2N2OS. The zero-order valence-electron chi connectivity index (χ0n) is 6.51. The number of nitrogens with one attached hydrogen (secondary N) is 1. The van der Waals surface area contributed by atoms with E-state index in [0.29, 0.717) is 20.4 Å². The number of hydrogen-bond donors (Lipinski definition) is 2. The Bertz CT molecular complexity index is 438. The van der Waals surface area contributed by atoms with Crippen LogP contribution in [0.1, 0.15) is 0 Å². The first-order chi connectivity index (χ1) is 6.59. The molecule has 0 amide bonds. The first-order valence-corrected chi connectivity index (χ1v) is 5.84. The molecule has 7 heteroatoms. The summed E-state index contributed by atoms with van der Waals surface area (Å²) in [6.45, 7) is 0. The lowest BCUT2D eigenvalue weighted by molar-refractivity contribution is 0.476. The molecule has 14 heavy (non-hydrogen) atoms. The van der Waals surface area contributed by atoms with Crippen LogP contribution < -0.4 is 4.72 Å². The Kier molecular flexibility index (Phi) is 2.83. The smallest absolute Gasteiger partial charge is 0.181 e. The van der Waals surface area contributed by atoms with Crippen LogP contribution in [0.25, 0.3) is 0 Å². The molecule has 1 aliphatic heterocycles. The predicted molar refractivity (Wildman–Crippen MR) is 63.1 cm³/mol. The number of hydrogen-bond acceptors (Lipinski definition) is 4. The summed E-state index contributed by atoms with van der Waals surface area (Å²) in [5.41, 5.74) is 0.387. The molecule has 0 fully saturated rings. The van der Waals surface area contributed by atoms with Gasteiger partial charge in [0.25, 0.3) is 0 Å².